The number of hydrogen-bond donors (Lipinski definition) is 1. The minimum atomic E-state index is -1.57. The number of aliphatic hydroxyl groups is 1. The lowest BCUT2D eigenvalue weighted by Crippen LogP contribution is -2.39. The summed E-state index contributed by atoms with van der Waals surface area (Å²) in [5.74, 6) is -1.03. The van der Waals surface area contributed by atoms with Crippen LogP contribution in [0, 0.1) is 19.7 Å². The quantitative estimate of drug-likeness (QED) is 0.256. The highest BCUT2D eigenvalue weighted by Crippen LogP contribution is 2.49. The predicted octanol–water partition coefficient (Wildman–Crippen LogP) is 6.14. The van der Waals surface area contributed by atoms with Crippen molar-refractivity contribution in [2.24, 2.45) is 0 Å². The number of hydrogen-bond acceptors (Lipinski definition) is 6. The van der Waals surface area contributed by atoms with Crippen LogP contribution in [0.25, 0.3) is 10.9 Å². The number of benzene rings is 2. The molecule has 2 atom stereocenters. The normalized spacial score (nSPS) is 13.9. The molecule has 0 spiro atoms. The predicted molar refractivity (Wildman–Crippen MR) is 152 cm³/mol. The topological polar surface area (TPSA) is 67.7 Å². The minimum Gasteiger partial charge on any atom is -0.494 e. The Hall–Kier alpha value is -3.07. The summed E-state index contributed by atoms with van der Waals surface area (Å²) < 4.78 is 28.1. The summed E-state index contributed by atoms with van der Waals surface area (Å²) in [5.41, 5.74) is 2.18. The molecule has 2 unspecified atom stereocenters. The number of ether oxygens (including phenoxy) is 2. The Morgan fingerprint density at radius 3 is 2.50 bits per heavy atom. The molecule has 1 N–H and O–H groups in total. The molecule has 0 radical (unpaired) electrons. The van der Waals surface area contributed by atoms with Crippen molar-refractivity contribution in [3.05, 3.63) is 93.0 Å². The molecule has 0 aliphatic carbocycles. The van der Waals surface area contributed by atoms with E-state index in [9.17, 15) is 5.11 Å². The summed E-state index contributed by atoms with van der Waals surface area (Å²) in [6.07, 6.45) is 2.06. The van der Waals surface area contributed by atoms with Crippen LogP contribution in [0.3, 0.4) is 0 Å². The van der Waals surface area contributed by atoms with E-state index in [4.69, 9.17) is 14.5 Å². The fraction of sp³-hybridized carbons (Fsp3) is 0.333. The summed E-state index contributed by atoms with van der Waals surface area (Å²) >= 11 is 3.54. The van der Waals surface area contributed by atoms with E-state index in [2.05, 4.69) is 20.9 Å². The summed E-state index contributed by atoms with van der Waals surface area (Å²) in [6.45, 7) is 4.33. The number of aryl methyl sites for hydroxylation is 2. The summed E-state index contributed by atoms with van der Waals surface area (Å²) in [5, 5.41) is 13.7. The molecular formula is C30H33BrFN3O3. The Morgan fingerprint density at radius 2 is 1.82 bits per heavy atom. The highest BCUT2D eigenvalue weighted by molar-refractivity contribution is 9.10. The number of nitrogens with zero attached hydrogens (tertiary/aromatic N) is 3. The molecule has 2 aromatic carbocycles. The first-order valence-electron chi connectivity index (χ1n) is 12.4. The van der Waals surface area contributed by atoms with Gasteiger partial charge in [-0.15, -0.1) is 0 Å². The van der Waals surface area contributed by atoms with Crippen molar-refractivity contribution in [2.75, 3.05) is 34.9 Å². The van der Waals surface area contributed by atoms with Crippen molar-refractivity contribution in [2.45, 2.75) is 31.8 Å². The number of fused-ring (bicyclic) bond motifs is 1. The van der Waals surface area contributed by atoms with Crippen molar-refractivity contribution in [3.8, 4) is 11.6 Å². The van der Waals surface area contributed by atoms with Crippen LogP contribution in [0.15, 0.2) is 59.2 Å². The van der Waals surface area contributed by atoms with E-state index >= 15 is 4.39 Å². The Morgan fingerprint density at radius 1 is 1.05 bits per heavy atom. The minimum absolute atomic E-state index is 0.0945. The second kappa shape index (κ2) is 11.4. The summed E-state index contributed by atoms with van der Waals surface area (Å²) in [7, 11) is 6.85. The van der Waals surface area contributed by atoms with Gasteiger partial charge in [0.25, 0.3) is 0 Å². The molecule has 200 valence electrons. The van der Waals surface area contributed by atoms with Gasteiger partial charge in [-0.3, -0.25) is 4.98 Å². The van der Waals surface area contributed by atoms with Crippen LogP contribution in [0.1, 0.15) is 40.3 Å². The first kappa shape index (κ1) is 28.0. The standard InChI is InChI=1S/C30H33BrFN3O3/c1-18-14-24(19(2)33-17-18)30(36,12-13-35(3)4)27(22-8-7-9-26(37-5)28(22)32)23-16-20-15-21(31)10-11-25(20)34-29(23)38-6/h7-11,14-17,27,36H,12-13H2,1-6H3. The second-order valence-electron chi connectivity index (χ2n) is 9.84. The molecule has 0 amide bonds. The molecule has 4 rings (SSSR count). The zero-order valence-electron chi connectivity index (χ0n) is 22.5. The Balaban J connectivity index is 2.12. The zero-order chi connectivity index (χ0) is 27.6. The Bertz CT molecular complexity index is 1460. The molecule has 38 heavy (non-hydrogen) atoms. The third-order valence-corrected chi connectivity index (χ3v) is 7.40. The van der Waals surface area contributed by atoms with Crippen molar-refractivity contribution < 1.29 is 19.0 Å². The smallest absolute Gasteiger partial charge is 0.217 e. The van der Waals surface area contributed by atoms with Gasteiger partial charge in [-0.25, -0.2) is 9.37 Å². The van der Waals surface area contributed by atoms with E-state index in [1.807, 2.05) is 63.2 Å². The highest BCUT2D eigenvalue weighted by atomic mass is 79.9. The molecule has 8 heteroatoms. The maximum Gasteiger partial charge on any atom is 0.217 e. The lowest BCUT2D eigenvalue weighted by Gasteiger charge is -2.39. The Labute approximate surface area is 231 Å². The first-order chi connectivity index (χ1) is 18.1. The number of rotatable bonds is 9. The van der Waals surface area contributed by atoms with E-state index in [0.29, 0.717) is 35.7 Å². The monoisotopic (exact) mass is 581 g/mol. The van der Waals surface area contributed by atoms with Crippen LogP contribution >= 0.6 is 15.9 Å². The van der Waals surface area contributed by atoms with Crippen molar-refractivity contribution in [3.63, 3.8) is 0 Å². The van der Waals surface area contributed by atoms with Crippen molar-refractivity contribution >= 4 is 26.8 Å². The number of aromatic nitrogens is 2. The van der Waals surface area contributed by atoms with E-state index < -0.39 is 17.3 Å². The molecule has 0 bridgehead atoms. The number of pyridine rings is 2. The van der Waals surface area contributed by atoms with Crippen LogP contribution < -0.4 is 9.47 Å². The molecule has 0 aliphatic rings. The van der Waals surface area contributed by atoms with Gasteiger partial charge in [-0.05, 0) is 76.3 Å². The van der Waals surface area contributed by atoms with Gasteiger partial charge in [-0.1, -0.05) is 28.1 Å². The van der Waals surface area contributed by atoms with Crippen LogP contribution in [0.4, 0.5) is 4.39 Å². The van der Waals surface area contributed by atoms with Crippen LogP contribution in [-0.4, -0.2) is 54.8 Å². The van der Waals surface area contributed by atoms with E-state index in [1.165, 1.54) is 14.2 Å². The summed E-state index contributed by atoms with van der Waals surface area (Å²) in [6, 6.07) is 14.6. The fourth-order valence-corrected chi connectivity index (χ4v) is 5.39. The maximum atomic E-state index is 16.1. The van der Waals surface area contributed by atoms with Gasteiger partial charge in [0.05, 0.1) is 25.7 Å². The van der Waals surface area contributed by atoms with Gasteiger partial charge in [0.2, 0.25) is 5.88 Å². The van der Waals surface area contributed by atoms with Crippen molar-refractivity contribution in [1.82, 2.24) is 14.9 Å². The van der Waals surface area contributed by atoms with Gasteiger partial charge >= 0.3 is 0 Å². The molecule has 6 nitrogen and oxygen atoms in total. The molecule has 2 heterocycles. The maximum absolute atomic E-state index is 16.1. The first-order valence-corrected chi connectivity index (χ1v) is 13.2. The molecule has 0 saturated carbocycles. The fourth-order valence-electron chi connectivity index (χ4n) is 5.01. The largest absolute Gasteiger partial charge is 0.494 e. The van der Waals surface area contributed by atoms with Gasteiger partial charge in [0.15, 0.2) is 11.6 Å². The number of halogens is 2. The SMILES string of the molecule is COc1cccc(C(c2cc3cc(Br)ccc3nc2OC)C(O)(CCN(C)C)c2cc(C)cnc2C)c1F. The van der Waals surface area contributed by atoms with Crippen LogP contribution in [-0.2, 0) is 5.60 Å². The average molecular weight is 583 g/mol. The molecule has 0 fully saturated rings. The van der Waals surface area contributed by atoms with Crippen LogP contribution in [0.5, 0.6) is 11.6 Å². The van der Waals surface area contributed by atoms with Gasteiger partial charge in [0, 0.05) is 45.0 Å². The van der Waals surface area contributed by atoms with E-state index in [0.717, 1.165) is 20.9 Å². The Kier molecular flexibility index (Phi) is 8.35. The van der Waals surface area contributed by atoms with E-state index in [1.54, 1.807) is 24.4 Å². The van der Waals surface area contributed by atoms with Gasteiger partial charge < -0.3 is 19.5 Å². The zero-order valence-corrected chi connectivity index (χ0v) is 24.1. The van der Waals surface area contributed by atoms with Gasteiger partial charge in [0.1, 0.15) is 5.60 Å². The van der Waals surface area contributed by atoms with Crippen molar-refractivity contribution in [1.29, 1.82) is 0 Å². The lowest BCUT2D eigenvalue weighted by atomic mass is 9.71. The molecule has 0 saturated heterocycles. The van der Waals surface area contributed by atoms with Gasteiger partial charge in [-0.2, -0.15) is 0 Å². The molecule has 4 aromatic rings. The molecule has 0 aliphatic heterocycles. The number of methoxy groups -OCH3 is 2. The lowest BCUT2D eigenvalue weighted by molar-refractivity contribution is 0.00184. The second-order valence-corrected chi connectivity index (χ2v) is 10.8. The summed E-state index contributed by atoms with van der Waals surface area (Å²) in [4.78, 5) is 11.3. The average Bonchev–Trinajstić information content (AvgIpc) is 2.89. The van der Waals surface area contributed by atoms with E-state index in [-0.39, 0.29) is 11.3 Å². The third-order valence-electron chi connectivity index (χ3n) is 6.91. The highest BCUT2D eigenvalue weighted by Gasteiger charge is 2.45. The molecule has 2 aromatic heterocycles. The van der Waals surface area contributed by atoms with Crippen LogP contribution in [0.2, 0.25) is 0 Å². The molecular weight excluding hydrogens is 549 g/mol. The third kappa shape index (κ3) is 5.39.